The van der Waals surface area contributed by atoms with Gasteiger partial charge in [0.2, 0.25) is 5.91 Å². The van der Waals surface area contributed by atoms with E-state index in [1.54, 1.807) is 17.2 Å². The molecule has 2 amide bonds. The second kappa shape index (κ2) is 8.90. The maximum absolute atomic E-state index is 12.8. The first-order valence-electron chi connectivity index (χ1n) is 10.2. The number of hydrogen-bond acceptors (Lipinski definition) is 4. The predicted octanol–water partition coefficient (Wildman–Crippen LogP) is 2.95. The number of amides is 2. The molecule has 1 aliphatic heterocycles. The van der Waals surface area contributed by atoms with E-state index in [1.165, 1.54) is 5.56 Å². The van der Waals surface area contributed by atoms with Crippen molar-refractivity contribution in [2.45, 2.75) is 26.3 Å². The maximum Gasteiger partial charge on any atom is 0.271 e. The number of likely N-dealkylation sites (tertiary alicyclic amines) is 1. The zero-order chi connectivity index (χ0) is 20.9. The quantitative estimate of drug-likeness (QED) is 0.685. The summed E-state index contributed by atoms with van der Waals surface area (Å²) in [6.07, 6.45) is 3.01. The molecular formula is C23H25N5O2. The summed E-state index contributed by atoms with van der Waals surface area (Å²) < 4.78 is 0. The SMILES string of the molecule is Cc1ccc(CNC(=O)C2CCN(C(=O)c3cc(-c4ccccn4)n[nH]3)CC2)cc1. The van der Waals surface area contributed by atoms with Gasteiger partial charge in [-0.05, 0) is 43.5 Å². The van der Waals surface area contributed by atoms with E-state index in [4.69, 9.17) is 0 Å². The third-order valence-corrected chi connectivity index (χ3v) is 5.48. The van der Waals surface area contributed by atoms with Gasteiger partial charge in [0.05, 0.1) is 5.69 Å². The van der Waals surface area contributed by atoms with Crippen LogP contribution in [-0.4, -0.2) is 45.0 Å². The van der Waals surface area contributed by atoms with Crippen LogP contribution in [0.5, 0.6) is 0 Å². The van der Waals surface area contributed by atoms with Crippen LogP contribution in [0.25, 0.3) is 11.4 Å². The van der Waals surface area contributed by atoms with Crippen LogP contribution < -0.4 is 5.32 Å². The van der Waals surface area contributed by atoms with Gasteiger partial charge in [-0.3, -0.25) is 19.7 Å². The summed E-state index contributed by atoms with van der Waals surface area (Å²) in [5.41, 5.74) is 4.09. The number of benzene rings is 1. The fourth-order valence-corrected chi connectivity index (χ4v) is 3.63. The lowest BCUT2D eigenvalue weighted by Gasteiger charge is -2.31. The van der Waals surface area contributed by atoms with E-state index < -0.39 is 0 Å². The van der Waals surface area contributed by atoms with Gasteiger partial charge in [-0.25, -0.2) is 0 Å². The van der Waals surface area contributed by atoms with Crippen LogP contribution in [0.2, 0.25) is 0 Å². The van der Waals surface area contributed by atoms with Crippen molar-refractivity contribution in [1.29, 1.82) is 0 Å². The van der Waals surface area contributed by atoms with Crippen molar-refractivity contribution in [2.24, 2.45) is 5.92 Å². The number of carbonyl (C=O) groups is 2. The van der Waals surface area contributed by atoms with Crippen molar-refractivity contribution in [3.05, 3.63) is 71.5 Å². The largest absolute Gasteiger partial charge is 0.352 e. The highest BCUT2D eigenvalue weighted by Gasteiger charge is 2.28. The van der Waals surface area contributed by atoms with Crippen molar-refractivity contribution >= 4 is 11.8 Å². The molecule has 7 heteroatoms. The number of aryl methyl sites for hydroxylation is 1. The summed E-state index contributed by atoms with van der Waals surface area (Å²) in [6.45, 7) is 3.68. The number of hydrogen-bond donors (Lipinski definition) is 2. The van der Waals surface area contributed by atoms with Crippen molar-refractivity contribution < 1.29 is 9.59 Å². The average molecular weight is 403 g/mol. The number of aromatic amines is 1. The first-order chi connectivity index (χ1) is 14.6. The Hall–Kier alpha value is -3.48. The van der Waals surface area contributed by atoms with E-state index in [-0.39, 0.29) is 17.7 Å². The molecule has 0 aliphatic carbocycles. The van der Waals surface area contributed by atoms with Gasteiger partial charge in [-0.1, -0.05) is 35.9 Å². The monoisotopic (exact) mass is 403 g/mol. The number of nitrogens with zero attached hydrogens (tertiary/aromatic N) is 3. The highest BCUT2D eigenvalue weighted by Crippen LogP contribution is 2.21. The van der Waals surface area contributed by atoms with E-state index in [1.807, 2.05) is 49.4 Å². The zero-order valence-electron chi connectivity index (χ0n) is 17.0. The summed E-state index contributed by atoms with van der Waals surface area (Å²) in [4.78, 5) is 31.3. The average Bonchev–Trinajstić information content (AvgIpc) is 3.29. The van der Waals surface area contributed by atoms with Crippen LogP contribution in [0.15, 0.2) is 54.7 Å². The molecule has 3 aromatic rings. The minimum absolute atomic E-state index is 0.0571. The Morgan fingerprint density at radius 1 is 1.10 bits per heavy atom. The Morgan fingerprint density at radius 2 is 1.87 bits per heavy atom. The molecule has 1 saturated heterocycles. The normalized spacial score (nSPS) is 14.5. The number of rotatable bonds is 5. The van der Waals surface area contributed by atoms with Gasteiger partial charge >= 0.3 is 0 Å². The van der Waals surface area contributed by atoms with Crippen molar-refractivity contribution in [1.82, 2.24) is 25.4 Å². The van der Waals surface area contributed by atoms with E-state index in [0.29, 0.717) is 43.9 Å². The molecule has 0 atom stereocenters. The van der Waals surface area contributed by atoms with E-state index >= 15 is 0 Å². The van der Waals surface area contributed by atoms with E-state index in [0.717, 1.165) is 11.3 Å². The Kier molecular flexibility index (Phi) is 5.88. The minimum atomic E-state index is -0.0943. The maximum atomic E-state index is 12.8. The van der Waals surface area contributed by atoms with Gasteiger partial charge in [0, 0.05) is 31.7 Å². The van der Waals surface area contributed by atoms with Crippen LogP contribution in [-0.2, 0) is 11.3 Å². The fourth-order valence-electron chi connectivity index (χ4n) is 3.63. The molecule has 1 fully saturated rings. The Labute approximate surface area is 175 Å². The van der Waals surface area contributed by atoms with Gasteiger partial charge in [0.1, 0.15) is 11.4 Å². The van der Waals surface area contributed by atoms with Crippen LogP contribution in [0.3, 0.4) is 0 Å². The summed E-state index contributed by atoms with van der Waals surface area (Å²) >= 11 is 0. The minimum Gasteiger partial charge on any atom is -0.352 e. The Morgan fingerprint density at radius 3 is 2.57 bits per heavy atom. The standard InChI is InChI=1S/C23H25N5O2/c1-16-5-7-17(8-6-16)15-25-22(29)18-9-12-28(13-10-18)23(30)21-14-20(26-27-21)19-4-2-3-11-24-19/h2-8,11,14,18H,9-10,12-13,15H2,1H3,(H,25,29)(H,26,27). The lowest BCUT2D eigenvalue weighted by molar-refractivity contribution is -0.126. The zero-order valence-corrected chi connectivity index (χ0v) is 17.0. The molecular weight excluding hydrogens is 378 g/mol. The molecule has 2 aromatic heterocycles. The molecule has 3 heterocycles. The van der Waals surface area contributed by atoms with Gasteiger partial charge in [-0.2, -0.15) is 5.10 Å². The lowest BCUT2D eigenvalue weighted by atomic mass is 9.95. The van der Waals surface area contributed by atoms with Gasteiger partial charge in [0.25, 0.3) is 5.91 Å². The van der Waals surface area contributed by atoms with Crippen LogP contribution in [0.1, 0.15) is 34.5 Å². The summed E-state index contributed by atoms with van der Waals surface area (Å²) in [5, 5.41) is 10.0. The topological polar surface area (TPSA) is 91.0 Å². The number of H-pyrrole nitrogens is 1. The lowest BCUT2D eigenvalue weighted by Crippen LogP contribution is -2.43. The van der Waals surface area contributed by atoms with Gasteiger partial charge < -0.3 is 10.2 Å². The second-order valence-electron chi connectivity index (χ2n) is 7.65. The van der Waals surface area contributed by atoms with Crippen LogP contribution in [0, 0.1) is 12.8 Å². The number of aromatic nitrogens is 3. The van der Waals surface area contributed by atoms with Crippen LogP contribution in [0.4, 0.5) is 0 Å². The van der Waals surface area contributed by atoms with Crippen molar-refractivity contribution in [3.8, 4) is 11.4 Å². The van der Waals surface area contributed by atoms with E-state index in [9.17, 15) is 9.59 Å². The Bertz CT molecular complexity index is 1010. The third kappa shape index (κ3) is 4.56. The predicted molar refractivity (Wildman–Crippen MR) is 113 cm³/mol. The van der Waals surface area contributed by atoms with Crippen LogP contribution >= 0.6 is 0 Å². The number of pyridine rings is 1. The number of nitrogens with one attached hydrogen (secondary N) is 2. The molecule has 0 unspecified atom stereocenters. The highest BCUT2D eigenvalue weighted by atomic mass is 16.2. The molecule has 1 aliphatic rings. The summed E-state index contributed by atoms with van der Waals surface area (Å²) in [5.74, 6) is -0.102. The first kappa shape index (κ1) is 19.8. The molecule has 2 N–H and O–H groups in total. The number of carbonyl (C=O) groups excluding carboxylic acids is 2. The third-order valence-electron chi connectivity index (χ3n) is 5.48. The van der Waals surface area contributed by atoms with Gasteiger partial charge in [-0.15, -0.1) is 0 Å². The summed E-state index contributed by atoms with van der Waals surface area (Å²) in [7, 11) is 0. The molecule has 0 saturated carbocycles. The Balaban J connectivity index is 1.28. The van der Waals surface area contributed by atoms with Crippen molar-refractivity contribution in [2.75, 3.05) is 13.1 Å². The number of piperidine rings is 1. The molecule has 7 nitrogen and oxygen atoms in total. The first-order valence-corrected chi connectivity index (χ1v) is 10.2. The smallest absolute Gasteiger partial charge is 0.271 e. The molecule has 154 valence electrons. The second-order valence-corrected chi connectivity index (χ2v) is 7.65. The molecule has 0 bridgehead atoms. The van der Waals surface area contributed by atoms with E-state index in [2.05, 4.69) is 20.5 Å². The fraction of sp³-hybridized carbons (Fsp3) is 0.304. The molecule has 0 radical (unpaired) electrons. The van der Waals surface area contributed by atoms with Gasteiger partial charge in [0.15, 0.2) is 0 Å². The molecule has 0 spiro atoms. The molecule has 4 rings (SSSR count). The summed E-state index contributed by atoms with van der Waals surface area (Å²) in [6, 6.07) is 15.4. The molecule has 30 heavy (non-hydrogen) atoms. The highest BCUT2D eigenvalue weighted by molar-refractivity contribution is 5.93. The molecule has 1 aromatic carbocycles. The van der Waals surface area contributed by atoms with Crippen molar-refractivity contribution in [3.63, 3.8) is 0 Å².